The molecule has 26 heavy (non-hydrogen) atoms. The molecular weight excluding hydrogens is 328 g/mol. The molecule has 1 aromatic carbocycles. The number of carbonyl (C=O) groups is 1. The lowest BCUT2D eigenvalue weighted by Gasteiger charge is -2.32. The van der Waals surface area contributed by atoms with Gasteiger partial charge in [-0.2, -0.15) is 0 Å². The molecule has 1 N–H and O–H groups in total. The average molecular weight is 358 g/mol. The molecule has 2 aromatic rings. The standard InChI is InChI=1S/C20H30N4O2/c1-16(23-10-12-26-13-11-23)14-21-20(25)18-15-24(9-8-22(2)3)19-7-5-4-6-17(18)19/h4-7,15-16H,8-14H2,1-3H3,(H,21,25). The first-order valence-electron chi connectivity index (χ1n) is 9.39. The molecule has 0 radical (unpaired) electrons. The Labute approximate surface area is 155 Å². The summed E-state index contributed by atoms with van der Waals surface area (Å²) in [4.78, 5) is 17.3. The fraction of sp³-hybridized carbons (Fsp3) is 0.550. The molecule has 6 nitrogen and oxygen atoms in total. The monoisotopic (exact) mass is 358 g/mol. The zero-order valence-corrected chi connectivity index (χ0v) is 16.1. The van der Waals surface area contributed by atoms with E-state index in [-0.39, 0.29) is 5.91 Å². The molecule has 142 valence electrons. The van der Waals surface area contributed by atoms with Gasteiger partial charge in [-0.15, -0.1) is 0 Å². The highest BCUT2D eigenvalue weighted by molar-refractivity contribution is 6.07. The largest absolute Gasteiger partial charge is 0.379 e. The molecule has 0 aliphatic carbocycles. The van der Waals surface area contributed by atoms with Crippen molar-refractivity contribution >= 4 is 16.8 Å². The van der Waals surface area contributed by atoms with Crippen LogP contribution in [0.3, 0.4) is 0 Å². The third-order valence-electron chi connectivity index (χ3n) is 5.05. The van der Waals surface area contributed by atoms with Crippen molar-refractivity contribution in [3.8, 4) is 0 Å². The predicted molar refractivity (Wildman–Crippen MR) is 105 cm³/mol. The maximum Gasteiger partial charge on any atom is 0.253 e. The molecule has 1 amide bonds. The van der Waals surface area contributed by atoms with Crippen molar-refractivity contribution in [2.45, 2.75) is 19.5 Å². The van der Waals surface area contributed by atoms with Gasteiger partial charge in [0.25, 0.3) is 5.91 Å². The Morgan fingerprint density at radius 2 is 2.00 bits per heavy atom. The number of rotatable bonds is 7. The van der Waals surface area contributed by atoms with E-state index in [2.05, 4.69) is 46.8 Å². The van der Waals surface area contributed by atoms with Gasteiger partial charge in [0.2, 0.25) is 0 Å². The minimum absolute atomic E-state index is 0.00455. The number of carbonyl (C=O) groups excluding carboxylic acids is 1. The normalized spacial score (nSPS) is 16.9. The number of ether oxygens (including phenoxy) is 1. The quantitative estimate of drug-likeness (QED) is 0.818. The molecule has 0 spiro atoms. The smallest absolute Gasteiger partial charge is 0.253 e. The van der Waals surface area contributed by atoms with E-state index < -0.39 is 0 Å². The van der Waals surface area contributed by atoms with E-state index in [1.165, 1.54) is 0 Å². The number of fused-ring (bicyclic) bond motifs is 1. The molecule has 6 heteroatoms. The van der Waals surface area contributed by atoms with E-state index >= 15 is 0 Å². The Morgan fingerprint density at radius 1 is 1.27 bits per heavy atom. The summed E-state index contributed by atoms with van der Waals surface area (Å²) in [7, 11) is 4.12. The molecule has 0 bridgehead atoms. The zero-order valence-electron chi connectivity index (χ0n) is 16.1. The number of amides is 1. The van der Waals surface area contributed by atoms with Gasteiger partial charge in [0.15, 0.2) is 0 Å². The second-order valence-corrected chi connectivity index (χ2v) is 7.26. The number of hydrogen-bond acceptors (Lipinski definition) is 4. The van der Waals surface area contributed by atoms with Crippen molar-refractivity contribution in [2.24, 2.45) is 0 Å². The Bertz CT molecular complexity index is 734. The fourth-order valence-electron chi connectivity index (χ4n) is 3.40. The highest BCUT2D eigenvalue weighted by atomic mass is 16.5. The van der Waals surface area contributed by atoms with Gasteiger partial charge in [-0.1, -0.05) is 18.2 Å². The molecule has 2 heterocycles. The van der Waals surface area contributed by atoms with Crippen LogP contribution in [0.5, 0.6) is 0 Å². The van der Waals surface area contributed by atoms with Gasteiger partial charge in [-0.05, 0) is 27.1 Å². The lowest BCUT2D eigenvalue weighted by atomic mass is 10.1. The van der Waals surface area contributed by atoms with Crippen molar-refractivity contribution < 1.29 is 9.53 Å². The molecule has 1 aliphatic rings. The molecule has 1 atom stereocenters. The Balaban J connectivity index is 1.69. The van der Waals surface area contributed by atoms with Gasteiger partial charge in [-0.3, -0.25) is 9.69 Å². The van der Waals surface area contributed by atoms with E-state index in [1.54, 1.807) is 0 Å². The summed E-state index contributed by atoms with van der Waals surface area (Å²) < 4.78 is 7.58. The van der Waals surface area contributed by atoms with Crippen molar-refractivity contribution in [1.29, 1.82) is 0 Å². The van der Waals surface area contributed by atoms with Crippen molar-refractivity contribution in [3.05, 3.63) is 36.0 Å². The Hall–Kier alpha value is -1.89. The fourth-order valence-corrected chi connectivity index (χ4v) is 3.40. The third kappa shape index (κ3) is 4.44. The van der Waals surface area contributed by atoms with Crippen molar-refractivity contribution in [1.82, 2.24) is 19.7 Å². The van der Waals surface area contributed by atoms with Gasteiger partial charge >= 0.3 is 0 Å². The Morgan fingerprint density at radius 3 is 2.73 bits per heavy atom. The Kier molecular flexibility index (Phi) is 6.29. The zero-order chi connectivity index (χ0) is 18.5. The van der Waals surface area contributed by atoms with Gasteiger partial charge in [-0.25, -0.2) is 0 Å². The number of morpholine rings is 1. The van der Waals surface area contributed by atoms with Crippen molar-refractivity contribution in [2.75, 3.05) is 53.5 Å². The number of likely N-dealkylation sites (N-methyl/N-ethyl adjacent to an activating group) is 1. The van der Waals surface area contributed by atoms with E-state index in [0.717, 1.165) is 55.9 Å². The maximum absolute atomic E-state index is 12.8. The van der Waals surface area contributed by atoms with E-state index in [4.69, 9.17) is 4.74 Å². The number of aromatic nitrogens is 1. The first-order chi connectivity index (χ1) is 12.6. The highest BCUT2D eigenvalue weighted by Crippen LogP contribution is 2.21. The lowest BCUT2D eigenvalue weighted by molar-refractivity contribution is 0.0204. The molecule has 1 unspecified atom stereocenters. The molecule has 1 aromatic heterocycles. The van der Waals surface area contributed by atoms with Crippen LogP contribution in [0, 0.1) is 0 Å². The van der Waals surface area contributed by atoms with Crippen LogP contribution in [0.25, 0.3) is 10.9 Å². The van der Waals surface area contributed by atoms with Crippen LogP contribution in [0.15, 0.2) is 30.5 Å². The van der Waals surface area contributed by atoms with Crippen LogP contribution in [-0.4, -0.2) is 79.8 Å². The van der Waals surface area contributed by atoms with Crippen LogP contribution < -0.4 is 5.32 Å². The number of para-hydroxylation sites is 1. The topological polar surface area (TPSA) is 49.7 Å². The van der Waals surface area contributed by atoms with Crippen LogP contribution in [-0.2, 0) is 11.3 Å². The first kappa shape index (κ1) is 18.9. The summed E-state index contributed by atoms with van der Waals surface area (Å²) in [5, 5.41) is 4.14. The van der Waals surface area contributed by atoms with E-state index in [0.29, 0.717) is 12.6 Å². The minimum Gasteiger partial charge on any atom is -0.379 e. The number of hydrogen-bond donors (Lipinski definition) is 1. The number of benzene rings is 1. The minimum atomic E-state index is 0.00455. The third-order valence-corrected chi connectivity index (χ3v) is 5.05. The average Bonchev–Trinajstić information content (AvgIpc) is 3.04. The number of nitrogens with zero attached hydrogens (tertiary/aromatic N) is 3. The summed E-state index contributed by atoms with van der Waals surface area (Å²) in [6.07, 6.45) is 1.99. The second kappa shape index (κ2) is 8.66. The second-order valence-electron chi connectivity index (χ2n) is 7.26. The summed E-state index contributed by atoms with van der Waals surface area (Å²) >= 11 is 0. The predicted octanol–water partition coefficient (Wildman–Crippen LogP) is 1.65. The van der Waals surface area contributed by atoms with Crippen LogP contribution in [0.2, 0.25) is 0 Å². The van der Waals surface area contributed by atoms with Crippen molar-refractivity contribution in [3.63, 3.8) is 0 Å². The molecular formula is C20H30N4O2. The highest BCUT2D eigenvalue weighted by Gasteiger charge is 2.19. The van der Waals surface area contributed by atoms with Gasteiger partial charge in [0.05, 0.1) is 18.8 Å². The van der Waals surface area contributed by atoms with E-state index in [1.807, 2.05) is 24.4 Å². The molecule has 0 saturated carbocycles. The van der Waals surface area contributed by atoms with Gasteiger partial charge in [0, 0.05) is 55.9 Å². The van der Waals surface area contributed by atoms with Crippen LogP contribution >= 0.6 is 0 Å². The van der Waals surface area contributed by atoms with Gasteiger partial charge < -0.3 is 19.5 Å². The van der Waals surface area contributed by atoms with Crippen LogP contribution in [0.4, 0.5) is 0 Å². The SMILES string of the molecule is CC(CNC(=O)c1cn(CCN(C)C)c2ccccc12)N1CCOCC1. The molecule has 3 rings (SSSR count). The van der Waals surface area contributed by atoms with Crippen LogP contribution in [0.1, 0.15) is 17.3 Å². The lowest BCUT2D eigenvalue weighted by Crippen LogP contribution is -2.47. The molecule has 1 aliphatic heterocycles. The molecule has 1 saturated heterocycles. The maximum atomic E-state index is 12.8. The van der Waals surface area contributed by atoms with E-state index in [9.17, 15) is 4.79 Å². The summed E-state index contributed by atoms with van der Waals surface area (Å²) in [6.45, 7) is 8.03. The summed E-state index contributed by atoms with van der Waals surface area (Å²) in [5.41, 5.74) is 1.87. The van der Waals surface area contributed by atoms with Gasteiger partial charge in [0.1, 0.15) is 0 Å². The first-order valence-corrected chi connectivity index (χ1v) is 9.39. The molecule has 1 fully saturated rings. The number of nitrogens with one attached hydrogen (secondary N) is 1. The summed E-state index contributed by atoms with van der Waals surface area (Å²) in [5.74, 6) is 0.00455. The summed E-state index contributed by atoms with van der Waals surface area (Å²) in [6, 6.07) is 8.44.